The number of benzene rings is 1. The van der Waals surface area contributed by atoms with E-state index in [4.69, 9.17) is 0 Å². The third kappa shape index (κ3) is 3.07. The van der Waals surface area contributed by atoms with Gasteiger partial charge in [0.25, 0.3) is 5.91 Å². The lowest BCUT2D eigenvalue weighted by Gasteiger charge is -2.35. The van der Waals surface area contributed by atoms with E-state index < -0.39 is 18.2 Å². The molecule has 0 spiro atoms. The predicted molar refractivity (Wildman–Crippen MR) is 95.1 cm³/mol. The number of nitrogens with one attached hydrogen (secondary N) is 1. The molecule has 1 fully saturated rings. The Labute approximate surface area is 153 Å². The largest absolute Gasteiger partial charge is 0.391 e. The molecule has 0 aliphatic carbocycles. The van der Waals surface area contributed by atoms with Gasteiger partial charge in [-0.2, -0.15) is 0 Å². The SMILES string of the molecule is CNC(=O)C1C[C@@H](O)CN1C(=O)C(C(C)C)N1Cc2ccccc2C1=O. The maximum atomic E-state index is 13.3. The van der Waals surface area contributed by atoms with Crippen LogP contribution in [0.25, 0.3) is 0 Å². The third-order valence-corrected chi connectivity index (χ3v) is 5.18. The van der Waals surface area contributed by atoms with Gasteiger partial charge >= 0.3 is 0 Å². The molecule has 1 saturated heterocycles. The third-order valence-electron chi connectivity index (χ3n) is 5.18. The molecule has 3 rings (SSSR count). The van der Waals surface area contributed by atoms with Crippen LogP contribution >= 0.6 is 0 Å². The fourth-order valence-electron chi connectivity index (χ4n) is 3.92. The number of β-amino-alcohol motifs (C(OH)–C–C–N with tert-alkyl or cyclic N) is 1. The zero-order valence-corrected chi connectivity index (χ0v) is 15.3. The number of amides is 3. The molecule has 2 aliphatic heterocycles. The van der Waals surface area contributed by atoms with Crippen LogP contribution in [0.1, 0.15) is 36.2 Å². The average molecular weight is 359 g/mol. The summed E-state index contributed by atoms with van der Waals surface area (Å²) >= 11 is 0. The normalized spacial score (nSPS) is 23.3. The molecule has 0 saturated carbocycles. The van der Waals surface area contributed by atoms with Gasteiger partial charge in [-0.3, -0.25) is 14.4 Å². The molecule has 2 heterocycles. The summed E-state index contributed by atoms with van der Waals surface area (Å²) in [5, 5.41) is 12.5. The fourth-order valence-corrected chi connectivity index (χ4v) is 3.92. The highest BCUT2D eigenvalue weighted by atomic mass is 16.3. The molecule has 1 aromatic carbocycles. The van der Waals surface area contributed by atoms with Gasteiger partial charge in [-0.15, -0.1) is 0 Å². The first-order valence-corrected chi connectivity index (χ1v) is 8.94. The Morgan fingerprint density at radius 2 is 1.96 bits per heavy atom. The maximum Gasteiger partial charge on any atom is 0.255 e. The zero-order chi connectivity index (χ0) is 19.0. The Kier molecular flexibility index (Phi) is 5.00. The highest BCUT2D eigenvalue weighted by molar-refractivity contribution is 6.01. The number of carbonyl (C=O) groups excluding carboxylic acids is 3. The van der Waals surface area contributed by atoms with E-state index in [2.05, 4.69) is 5.32 Å². The fraction of sp³-hybridized carbons (Fsp3) is 0.526. The predicted octanol–water partition coefficient (Wildman–Crippen LogP) is 0.375. The van der Waals surface area contributed by atoms with Crippen LogP contribution in [-0.2, 0) is 16.1 Å². The molecule has 1 aromatic rings. The smallest absolute Gasteiger partial charge is 0.255 e. The van der Waals surface area contributed by atoms with Gasteiger partial charge in [-0.05, 0) is 17.5 Å². The average Bonchev–Trinajstić information content (AvgIpc) is 3.15. The summed E-state index contributed by atoms with van der Waals surface area (Å²) in [6.07, 6.45) is -0.523. The van der Waals surface area contributed by atoms with E-state index in [9.17, 15) is 19.5 Å². The summed E-state index contributed by atoms with van der Waals surface area (Å²) in [4.78, 5) is 41.3. The van der Waals surface area contributed by atoms with Crippen molar-refractivity contribution in [3.8, 4) is 0 Å². The summed E-state index contributed by atoms with van der Waals surface area (Å²) < 4.78 is 0. The van der Waals surface area contributed by atoms with Gasteiger partial charge in [0.05, 0.1) is 6.10 Å². The van der Waals surface area contributed by atoms with Crippen LogP contribution in [0.4, 0.5) is 0 Å². The lowest BCUT2D eigenvalue weighted by molar-refractivity contribution is -0.143. The summed E-state index contributed by atoms with van der Waals surface area (Å²) in [7, 11) is 1.51. The van der Waals surface area contributed by atoms with Crippen molar-refractivity contribution in [3.05, 3.63) is 35.4 Å². The molecule has 2 unspecified atom stereocenters. The van der Waals surface area contributed by atoms with Crippen molar-refractivity contribution in [1.82, 2.24) is 15.1 Å². The number of nitrogens with zero attached hydrogens (tertiary/aromatic N) is 2. The van der Waals surface area contributed by atoms with Gasteiger partial charge in [0.15, 0.2) is 0 Å². The highest BCUT2D eigenvalue weighted by Gasteiger charge is 2.45. The first-order valence-electron chi connectivity index (χ1n) is 8.94. The van der Waals surface area contributed by atoms with E-state index in [0.29, 0.717) is 12.1 Å². The van der Waals surface area contributed by atoms with Crippen LogP contribution in [0, 0.1) is 5.92 Å². The Balaban J connectivity index is 1.88. The van der Waals surface area contributed by atoms with Gasteiger partial charge in [0.1, 0.15) is 12.1 Å². The molecule has 2 N–H and O–H groups in total. The second-order valence-corrected chi connectivity index (χ2v) is 7.29. The maximum absolute atomic E-state index is 13.3. The minimum Gasteiger partial charge on any atom is -0.391 e. The number of aliphatic hydroxyl groups is 1. The Hall–Kier alpha value is -2.41. The molecule has 2 aliphatic rings. The summed E-state index contributed by atoms with van der Waals surface area (Å²) in [6.45, 7) is 4.26. The number of rotatable bonds is 4. The quantitative estimate of drug-likeness (QED) is 0.813. The lowest BCUT2D eigenvalue weighted by atomic mass is 10.0. The van der Waals surface area contributed by atoms with Crippen molar-refractivity contribution in [3.63, 3.8) is 0 Å². The second kappa shape index (κ2) is 7.07. The van der Waals surface area contributed by atoms with Crippen molar-refractivity contribution in [2.75, 3.05) is 13.6 Å². The lowest BCUT2D eigenvalue weighted by Crippen LogP contribution is -2.55. The minimum atomic E-state index is -0.736. The van der Waals surface area contributed by atoms with Crippen molar-refractivity contribution in [2.24, 2.45) is 5.92 Å². The van der Waals surface area contributed by atoms with Crippen LogP contribution in [-0.4, -0.2) is 64.4 Å². The van der Waals surface area contributed by atoms with Crippen LogP contribution in [0.15, 0.2) is 24.3 Å². The molecule has 140 valence electrons. The van der Waals surface area contributed by atoms with Crippen LogP contribution in [0.2, 0.25) is 0 Å². The standard InChI is InChI=1S/C19H25N3O4/c1-11(2)16(22-9-12-6-4-5-7-14(12)18(22)25)19(26)21-10-13(23)8-15(21)17(24)20-3/h4-7,11,13,15-16,23H,8-10H2,1-3H3,(H,20,24)/t13-,15?,16?/m1/s1. The number of likely N-dealkylation sites (N-methyl/N-ethyl adjacent to an activating group) is 1. The Morgan fingerprint density at radius 1 is 1.27 bits per heavy atom. The van der Waals surface area contributed by atoms with Crippen molar-refractivity contribution < 1.29 is 19.5 Å². The monoisotopic (exact) mass is 359 g/mol. The molecular weight excluding hydrogens is 334 g/mol. The summed E-state index contributed by atoms with van der Waals surface area (Å²) in [5.74, 6) is -0.868. The summed E-state index contributed by atoms with van der Waals surface area (Å²) in [5.41, 5.74) is 1.52. The van der Waals surface area contributed by atoms with Gasteiger partial charge in [-0.25, -0.2) is 0 Å². The van der Waals surface area contributed by atoms with E-state index in [0.717, 1.165) is 5.56 Å². The first-order chi connectivity index (χ1) is 12.3. The van der Waals surface area contributed by atoms with Crippen LogP contribution in [0.5, 0.6) is 0 Å². The molecule has 3 atom stereocenters. The van der Waals surface area contributed by atoms with E-state index in [1.54, 1.807) is 11.0 Å². The molecule has 0 bridgehead atoms. The van der Waals surface area contributed by atoms with E-state index >= 15 is 0 Å². The van der Waals surface area contributed by atoms with Gasteiger partial charge < -0.3 is 20.2 Å². The van der Waals surface area contributed by atoms with E-state index in [1.807, 2.05) is 32.0 Å². The van der Waals surface area contributed by atoms with Crippen molar-refractivity contribution in [1.29, 1.82) is 0 Å². The molecule has 0 aromatic heterocycles. The summed E-state index contributed by atoms with van der Waals surface area (Å²) in [6, 6.07) is 5.97. The van der Waals surface area contributed by atoms with Gasteiger partial charge in [-0.1, -0.05) is 32.0 Å². The molecule has 7 heteroatoms. The number of carbonyl (C=O) groups is 3. The number of aliphatic hydroxyl groups excluding tert-OH is 1. The topological polar surface area (TPSA) is 89.9 Å². The van der Waals surface area contributed by atoms with Gasteiger partial charge in [0.2, 0.25) is 11.8 Å². The van der Waals surface area contributed by atoms with Crippen LogP contribution < -0.4 is 5.32 Å². The highest BCUT2D eigenvalue weighted by Crippen LogP contribution is 2.29. The van der Waals surface area contributed by atoms with E-state index in [-0.39, 0.29) is 36.6 Å². The molecule has 26 heavy (non-hydrogen) atoms. The first kappa shape index (κ1) is 18.4. The molecule has 0 radical (unpaired) electrons. The number of likely N-dealkylation sites (tertiary alicyclic amines) is 1. The van der Waals surface area contributed by atoms with Crippen molar-refractivity contribution >= 4 is 17.7 Å². The van der Waals surface area contributed by atoms with Crippen LogP contribution in [0.3, 0.4) is 0 Å². The molecule has 3 amide bonds. The van der Waals surface area contributed by atoms with Crippen molar-refractivity contribution in [2.45, 2.75) is 45.0 Å². The number of fused-ring (bicyclic) bond motifs is 1. The number of hydrogen-bond donors (Lipinski definition) is 2. The Bertz CT molecular complexity index is 733. The van der Waals surface area contributed by atoms with Gasteiger partial charge in [0, 0.05) is 32.1 Å². The minimum absolute atomic E-state index is 0.106. The molecule has 7 nitrogen and oxygen atoms in total. The van der Waals surface area contributed by atoms with E-state index in [1.165, 1.54) is 11.9 Å². The molecular formula is C19H25N3O4. The second-order valence-electron chi connectivity index (χ2n) is 7.29. The Morgan fingerprint density at radius 3 is 2.58 bits per heavy atom. The zero-order valence-electron chi connectivity index (χ0n) is 15.3. The number of hydrogen-bond acceptors (Lipinski definition) is 4.